The van der Waals surface area contributed by atoms with E-state index in [2.05, 4.69) is 0 Å². The van der Waals surface area contributed by atoms with Gasteiger partial charge in [-0.05, 0) is 18.2 Å². The minimum Gasteiger partial charge on any atom is -0.478 e. The van der Waals surface area contributed by atoms with Gasteiger partial charge in [0.2, 0.25) is 0 Å². The van der Waals surface area contributed by atoms with Crippen LogP contribution < -0.4 is 5.56 Å². The van der Waals surface area contributed by atoms with Crippen molar-refractivity contribution >= 4 is 17.7 Å². The minimum absolute atomic E-state index is 0.0959. The first-order valence-corrected chi connectivity index (χ1v) is 6.37. The first-order valence-electron chi connectivity index (χ1n) is 5.49. The second-order valence-corrected chi connectivity index (χ2v) is 4.81. The van der Waals surface area contributed by atoms with Gasteiger partial charge < -0.3 is 5.11 Å². The Morgan fingerprint density at radius 2 is 1.90 bits per heavy atom. The summed E-state index contributed by atoms with van der Waals surface area (Å²) in [5.74, 6) is -3.83. The van der Waals surface area contributed by atoms with Crippen LogP contribution >= 0.6 is 11.8 Å². The molecule has 0 aliphatic rings. The number of carboxylic acid groups (broad SMARTS) is 1. The molecule has 0 atom stereocenters. The Kier molecular flexibility index (Phi) is 4.19. The van der Waals surface area contributed by atoms with Crippen molar-refractivity contribution in [1.29, 1.82) is 0 Å². The van der Waals surface area contributed by atoms with E-state index in [0.717, 1.165) is 16.8 Å². The number of carbonyl (C=O) groups is 1. The van der Waals surface area contributed by atoms with Crippen molar-refractivity contribution in [3.05, 3.63) is 58.5 Å². The average Bonchev–Trinajstić information content (AvgIpc) is 2.39. The number of halogens is 2. The summed E-state index contributed by atoms with van der Waals surface area (Å²) in [4.78, 5) is 22.9. The van der Waals surface area contributed by atoms with Gasteiger partial charge >= 0.3 is 5.97 Å². The number of alkyl halides is 2. The third-order valence-electron chi connectivity index (χ3n) is 2.50. The van der Waals surface area contributed by atoms with E-state index >= 15 is 0 Å². The molecule has 1 aromatic carbocycles. The standard InChI is InChI=1S/C13H9F2NO3S/c14-13(15)20-10-4-2-1-3-9(10)16-7-8(12(18)19)5-6-11(16)17/h1-7,13H,(H,18,19). The monoisotopic (exact) mass is 297 g/mol. The maximum atomic E-state index is 12.5. The van der Waals surface area contributed by atoms with Gasteiger partial charge in [-0.3, -0.25) is 9.36 Å². The van der Waals surface area contributed by atoms with Crippen LogP contribution in [0.1, 0.15) is 10.4 Å². The third kappa shape index (κ3) is 3.05. The Bertz CT molecular complexity index is 700. The summed E-state index contributed by atoms with van der Waals surface area (Å²) in [5.41, 5.74) is -0.357. The highest BCUT2D eigenvalue weighted by atomic mass is 32.2. The normalized spacial score (nSPS) is 10.8. The second kappa shape index (κ2) is 5.87. The molecule has 7 heteroatoms. The number of carboxylic acids is 1. The molecule has 0 amide bonds. The summed E-state index contributed by atoms with van der Waals surface area (Å²) < 4.78 is 26.1. The van der Waals surface area contributed by atoms with Crippen molar-refractivity contribution in [3.8, 4) is 5.69 Å². The molecule has 2 aromatic rings. The molecule has 0 saturated carbocycles. The van der Waals surface area contributed by atoms with E-state index in [0.29, 0.717) is 11.8 Å². The molecule has 0 fully saturated rings. The van der Waals surface area contributed by atoms with Crippen LogP contribution in [-0.4, -0.2) is 21.4 Å². The van der Waals surface area contributed by atoms with Gasteiger partial charge in [0.1, 0.15) is 0 Å². The van der Waals surface area contributed by atoms with Gasteiger partial charge in [-0.15, -0.1) is 0 Å². The summed E-state index contributed by atoms with van der Waals surface area (Å²) in [6.45, 7) is 0. The summed E-state index contributed by atoms with van der Waals surface area (Å²) >= 11 is 0.302. The molecule has 0 aliphatic heterocycles. The van der Waals surface area contributed by atoms with Gasteiger partial charge in [-0.2, -0.15) is 8.78 Å². The third-order valence-corrected chi connectivity index (χ3v) is 3.28. The van der Waals surface area contributed by atoms with Crippen molar-refractivity contribution in [2.24, 2.45) is 0 Å². The Hall–Kier alpha value is -2.15. The van der Waals surface area contributed by atoms with Gasteiger partial charge in [0, 0.05) is 17.2 Å². The zero-order valence-electron chi connectivity index (χ0n) is 9.99. The Morgan fingerprint density at radius 3 is 2.55 bits per heavy atom. The average molecular weight is 297 g/mol. The molecule has 4 nitrogen and oxygen atoms in total. The molecule has 104 valence electrons. The van der Waals surface area contributed by atoms with Crippen LogP contribution in [0, 0.1) is 0 Å². The number of pyridine rings is 1. The molecule has 1 aromatic heterocycles. The summed E-state index contributed by atoms with van der Waals surface area (Å²) in [5, 5.41) is 8.92. The lowest BCUT2D eigenvalue weighted by Crippen LogP contribution is -2.19. The fourth-order valence-electron chi connectivity index (χ4n) is 1.65. The molecule has 1 heterocycles. The SMILES string of the molecule is O=C(O)c1ccc(=O)n(-c2ccccc2SC(F)F)c1. The molecule has 0 radical (unpaired) electrons. The summed E-state index contributed by atoms with van der Waals surface area (Å²) in [6, 6.07) is 8.35. The lowest BCUT2D eigenvalue weighted by atomic mass is 10.2. The largest absolute Gasteiger partial charge is 0.478 e. The van der Waals surface area contributed by atoms with Crippen LogP contribution in [0.2, 0.25) is 0 Å². The molecular weight excluding hydrogens is 288 g/mol. The van der Waals surface area contributed by atoms with Crippen LogP contribution in [0.15, 0.2) is 52.3 Å². The maximum absolute atomic E-state index is 12.5. The lowest BCUT2D eigenvalue weighted by molar-refractivity contribution is 0.0696. The number of hydrogen-bond donors (Lipinski definition) is 1. The number of nitrogens with zero attached hydrogens (tertiary/aromatic N) is 1. The number of aromatic nitrogens is 1. The van der Waals surface area contributed by atoms with Crippen molar-refractivity contribution in [2.75, 3.05) is 0 Å². The van der Waals surface area contributed by atoms with E-state index in [1.807, 2.05) is 0 Å². The molecule has 0 bridgehead atoms. The van der Waals surface area contributed by atoms with Crippen LogP contribution in [0.5, 0.6) is 0 Å². The lowest BCUT2D eigenvalue weighted by Gasteiger charge is -2.11. The molecule has 0 spiro atoms. The van der Waals surface area contributed by atoms with Gasteiger partial charge in [0.05, 0.1) is 11.3 Å². The van der Waals surface area contributed by atoms with Crippen molar-refractivity contribution < 1.29 is 18.7 Å². The molecule has 0 aliphatic carbocycles. The fourth-order valence-corrected chi connectivity index (χ4v) is 2.29. The Balaban J connectivity index is 2.59. The van der Waals surface area contributed by atoms with Crippen LogP contribution in [0.3, 0.4) is 0 Å². The van der Waals surface area contributed by atoms with Crippen LogP contribution in [-0.2, 0) is 0 Å². The summed E-state index contributed by atoms with van der Waals surface area (Å²) in [6.07, 6.45) is 1.12. The molecule has 1 N–H and O–H groups in total. The highest BCUT2D eigenvalue weighted by Gasteiger charge is 2.13. The predicted octanol–water partition coefficient (Wildman–Crippen LogP) is 2.85. The number of para-hydroxylation sites is 1. The fraction of sp³-hybridized carbons (Fsp3) is 0.0769. The van der Waals surface area contributed by atoms with Gasteiger partial charge in [0.15, 0.2) is 0 Å². The van der Waals surface area contributed by atoms with Crippen molar-refractivity contribution in [2.45, 2.75) is 10.7 Å². The molecule has 20 heavy (non-hydrogen) atoms. The predicted molar refractivity (Wildman–Crippen MR) is 70.9 cm³/mol. The van der Waals surface area contributed by atoms with Gasteiger partial charge in [0.25, 0.3) is 11.3 Å². The smallest absolute Gasteiger partial charge is 0.337 e. The first kappa shape index (κ1) is 14.3. The number of hydrogen-bond acceptors (Lipinski definition) is 3. The molecule has 0 unspecified atom stereocenters. The maximum Gasteiger partial charge on any atom is 0.337 e. The van der Waals surface area contributed by atoms with Gasteiger partial charge in [-0.25, -0.2) is 4.79 Å². The number of aromatic carboxylic acids is 1. The van der Waals surface area contributed by atoms with E-state index in [1.54, 1.807) is 12.1 Å². The van der Waals surface area contributed by atoms with E-state index in [1.165, 1.54) is 18.2 Å². The quantitative estimate of drug-likeness (QED) is 0.882. The van der Waals surface area contributed by atoms with Crippen LogP contribution in [0.25, 0.3) is 5.69 Å². The number of benzene rings is 1. The Morgan fingerprint density at radius 1 is 1.20 bits per heavy atom. The molecule has 0 saturated heterocycles. The van der Waals surface area contributed by atoms with E-state index < -0.39 is 17.3 Å². The van der Waals surface area contributed by atoms with Gasteiger partial charge in [-0.1, -0.05) is 23.9 Å². The van der Waals surface area contributed by atoms with Crippen LogP contribution in [0.4, 0.5) is 8.78 Å². The second-order valence-electron chi connectivity index (χ2n) is 3.78. The topological polar surface area (TPSA) is 59.3 Å². The van der Waals surface area contributed by atoms with Crippen molar-refractivity contribution in [3.63, 3.8) is 0 Å². The highest BCUT2D eigenvalue weighted by molar-refractivity contribution is 7.99. The van der Waals surface area contributed by atoms with E-state index in [4.69, 9.17) is 5.11 Å². The zero-order chi connectivity index (χ0) is 14.7. The minimum atomic E-state index is -2.63. The molecule has 2 rings (SSSR count). The van der Waals surface area contributed by atoms with E-state index in [-0.39, 0.29) is 16.1 Å². The van der Waals surface area contributed by atoms with E-state index in [9.17, 15) is 18.4 Å². The number of thioether (sulfide) groups is 1. The Labute approximate surface area is 116 Å². The zero-order valence-corrected chi connectivity index (χ0v) is 10.8. The molecular formula is C13H9F2NO3S. The first-order chi connectivity index (χ1) is 9.49. The highest BCUT2D eigenvalue weighted by Crippen LogP contribution is 2.30. The summed E-state index contributed by atoms with van der Waals surface area (Å²) in [7, 11) is 0. The number of rotatable bonds is 4. The van der Waals surface area contributed by atoms with Crippen molar-refractivity contribution in [1.82, 2.24) is 4.57 Å².